The lowest BCUT2D eigenvalue weighted by Gasteiger charge is -2.05. The Balaban J connectivity index is 1.98. The van der Waals surface area contributed by atoms with Gasteiger partial charge in [-0.15, -0.1) is 5.10 Å². The van der Waals surface area contributed by atoms with Crippen LogP contribution in [0.15, 0.2) is 66.9 Å². The molecular formula is C16H13N3O. The first-order valence-electron chi connectivity index (χ1n) is 6.25. The van der Waals surface area contributed by atoms with Gasteiger partial charge in [0, 0.05) is 17.8 Å². The number of carbonyl (C=O) groups is 1. The smallest absolute Gasteiger partial charge is 0.278 e. The Morgan fingerprint density at radius 1 is 0.950 bits per heavy atom. The van der Waals surface area contributed by atoms with Crippen LogP contribution in [-0.2, 0) is 0 Å². The van der Waals surface area contributed by atoms with Crippen LogP contribution in [0.1, 0.15) is 10.4 Å². The fourth-order valence-electron chi connectivity index (χ4n) is 2.05. The Morgan fingerprint density at radius 3 is 2.40 bits per heavy atom. The van der Waals surface area contributed by atoms with Crippen molar-refractivity contribution in [3.63, 3.8) is 0 Å². The molecule has 0 amide bonds. The first-order chi connectivity index (χ1) is 9.74. The van der Waals surface area contributed by atoms with Crippen LogP contribution in [0.5, 0.6) is 0 Å². The zero-order chi connectivity index (χ0) is 13.9. The summed E-state index contributed by atoms with van der Waals surface area (Å²) < 4.78 is 1.25. The van der Waals surface area contributed by atoms with Gasteiger partial charge in [0.2, 0.25) is 0 Å². The summed E-state index contributed by atoms with van der Waals surface area (Å²) in [5.74, 6) is 0.136. The number of hydrogen-bond acceptors (Lipinski definition) is 3. The number of nitrogen functional groups attached to an aromatic ring is 1. The summed E-state index contributed by atoms with van der Waals surface area (Å²) in [4.78, 5) is 12.3. The molecule has 0 unspecified atom stereocenters. The summed E-state index contributed by atoms with van der Waals surface area (Å²) in [6, 6.07) is 19.0. The molecule has 4 heteroatoms. The van der Waals surface area contributed by atoms with Gasteiger partial charge in [0.05, 0.1) is 0 Å². The Bertz CT molecular complexity index is 747. The molecule has 0 saturated heterocycles. The average molecular weight is 263 g/mol. The molecule has 2 aromatic carbocycles. The van der Waals surface area contributed by atoms with E-state index in [1.807, 2.05) is 48.5 Å². The summed E-state index contributed by atoms with van der Waals surface area (Å²) >= 11 is 0. The third-order valence-electron chi connectivity index (χ3n) is 3.03. The molecule has 1 aromatic heterocycles. The van der Waals surface area contributed by atoms with Crippen molar-refractivity contribution in [2.45, 2.75) is 0 Å². The summed E-state index contributed by atoms with van der Waals surface area (Å²) in [6.45, 7) is 0. The van der Waals surface area contributed by atoms with Crippen LogP contribution in [0.25, 0.3) is 11.1 Å². The van der Waals surface area contributed by atoms with E-state index in [1.54, 1.807) is 18.3 Å². The van der Waals surface area contributed by atoms with E-state index < -0.39 is 0 Å². The molecule has 3 aromatic rings. The minimum atomic E-state index is -0.195. The largest absolute Gasteiger partial charge is 0.382 e. The fraction of sp³-hybridized carbons (Fsp3) is 0. The van der Waals surface area contributed by atoms with Crippen LogP contribution < -0.4 is 5.73 Å². The molecule has 0 radical (unpaired) electrons. The van der Waals surface area contributed by atoms with Crippen LogP contribution in [0.4, 0.5) is 5.82 Å². The lowest BCUT2D eigenvalue weighted by atomic mass is 10.0. The van der Waals surface area contributed by atoms with Gasteiger partial charge in [-0.05, 0) is 23.3 Å². The Morgan fingerprint density at radius 2 is 1.70 bits per heavy atom. The molecule has 98 valence electrons. The standard InChI is InChI=1S/C16H13N3O/c17-15-9-10-19(18-15)16(20)14-8-4-7-13(11-14)12-5-2-1-3-6-12/h1-11H,(H2,17,18). The van der Waals surface area contributed by atoms with Gasteiger partial charge in [-0.1, -0.05) is 42.5 Å². The number of rotatable bonds is 2. The molecule has 0 fully saturated rings. The van der Waals surface area contributed by atoms with Gasteiger partial charge in [-0.3, -0.25) is 4.79 Å². The van der Waals surface area contributed by atoms with Crippen molar-refractivity contribution < 1.29 is 4.79 Å². The number of benzene rings is 2. The molecule has 1 heterocycles. The van der Waals surface area contributed by atoms with Crippen molar-refractivity contribution in [2.24, 2.45) is 0 Å². The molecule has 0 bridgehead atoms. The third-order valence-corrected chi connectivity index (χ3v) is 3.03. The minimum Gasteiger partial charge on any atom is -0.382 e. The van der Waals surface area contributed by atoms with Crippen molar-refractivity contribution in [2.75, 3.05) is 5.73 Å². The molecule has 0 aliphatic rings. The highest BCUT2D eigenvalue weighted by Crippen LogP contribution is 2.20. The Hall–Kier alpha value is -2.88. The van der Waals surface area contributed by atoms with Gasteiger partial charge >= 0.3 is 0 Å². The maximum atomic E-state index is 12.3. The normalized spacial score (nSPS) is 10.4. The van der Waals surface area contributed by atoms with Gasteiger partial charge in [0.1, 0.15) is 5.82 Å². The molecule has 0 spiro atoms. The second kappa shape index (κ2) is 5.01. The molecule has 0 aliphatic heterocycles. The van der Waals surface area contributed by atoms with E-state index in [2.05, 4.69) is 5.10 Å². The van der Waals surface area contributed by atoms with Crippen LogP contribution in [0.2, 0.25) is 0 Å². The highest BCUT2D eigenvalue weighted by molar-refractivity contribution is 5.96. The lowest BCUT2D eigenvalue weighted by molar-refractivity contribution is 0.0945. The number of anilines is 1. The van der Waals surface area contributed by atoms with Gasteiger partial charge in [-0.25, -0.2) is 4.68 Å². The second-order valence-electron chi connectivity index (χ2n) is 4.44. The maximum Gasteiger partial charge on any atom is 0.278 e. The number of aromatic nitrogens is 2. The first kappa shape index (κ1) is 12.2. The minimum absolute atomic E-state index is 0.195. The second-order valence-corrected chi connectivity index (χ2v) is 4.44. The fourth-order valence-corrected chi connectivity index (χ4v) is 2.05. The van der Waals surface area contributed by atoms with Crippen molar-refractivity contribution in [3.8, 4) is 11.1 Å². The highest BCUT2D eigenvalue weighted by Gasteiger charge is 2.10. The zero-order valence-corrected chi connectivity index (χ0v) is 10.7. The third kappa shape index (κ3) is 2.31. The molecule has 2 N–H and O–H groups in total. The number of carbonyl (C=O) groups excluding carboxylic acids is 1. The quantitative estimate of drug-likeness (QED) is 0.773. The van der Waals surface area contributed by atoms with Gasteiger partial charge in [0.15, 0.2) is 0 Å². The summed E-state index contributed by atoms with van der Waals surface area (Å²) in [5.41, 5.74) is 8.18. The van der Waals surface area contributed by atoms with Gasteiger partial charge < -0.3 is 5.73 Å². The topological polar surface area (TPSA) is 60.9 Å². The Kier molecular flexibility index (Phi) is 3.05. The van der Waals surface area contributed by atoms with E-state index >= 15 is 0 Å². The Labute approximate surface area is 116 Å². The molecular weight excluding hydrogens is 250 g/mol. The van der Waals surface area contributed by atoms with E-state index in [4.69, 9.17) is 5.73 Å². The maximum absolute atomic E-state index is 12.3. The lowest BCUT2D eigenvalue weighted by Crippen LogP contribution is -2.12. The van der Waals surface area contributed by atoms with E-state index in [-0.39, 0.29) is 5.91 Å². The zero-order valence-electron chi connectivity index (χ0n) is 10.7. The van der Waals surface area contributed by atoms with E-state index in [0.717, 1.165) is 11.1 Å². The monoisotopic (exact) mass is 263 g/mol. The first-order valence-corrected chi connectivity index (χ1v) is 6.25. The van der Waals surface area contributed by atoms with E-state index in [1.165, 1.54) is 4.68 Å². The number of nitrogens with two attached hydrogens (primary N) is 1. The average Bonchev–Trinajstić information content (AvgIpc) is 2.94. The molecule has 4 nitrogen and oxygen atoms in total. The molecule has 0 atom stereocenters. The summed E-state index contributed by atoms with van der Waals surface area (Å²) in [5, 5.41) is 3.93. The number of hydrogen-bond donors (Lipinski definition) is 1. The van der Waals surface area contributed by atoms with E-state index in [9.17, 15) is 4.79 Å². The number of nitrogens with zero attached hydrogens (tertiary/aromatic N) is 2. The molecule has 3 rings (SSSR count). The van der Waals surface area contributed by atoms with Crippen molar-refractivity contribution in [1.29, 1.82) is 0 Å². The van der Waals surface area contributed by atoms with Crippen molar-refractivity contribution >= 4 is 11.7 Å². The van der Waals surface area contributed by atoms with Crippen LogP contribution in [-0.4, -0.2) is 15.7 Å². The van der Waals surface area contributed by atoms with E-state index in [0.29, 0.717) is 11.4 Å². The van der Waals surface area contributed by atoms with Crippen molar-refractivity contribution in [3.05, 3.63) is 72.4 Å². The predicted molar refractivity (Wildman–Crippen MR) is 78.2 cm³/mol. The van der Waals surface area contributed by atoms with Crippen molar-refractivity contribution in [1.82, 2.24) is 9.78 Å². The summed E-state index contributed by atoms with van der Waals surface area (Å²) in [6.07, 6.45) is 1.56. The van der Waals surface area contributed by atoms with Crippen LogP contribution in [0, 0.1) is 0 Å². The highest BCUT2D eigenvalue weighted by atomic mass is 16.2. The summed E-state index contributed by atoms with van der Waals surface area (Å²) in [7, 11) is 0. The van der Waals surface area contributed by atoms with Crippen LogP contribution in [0.3, 0.4) is 0 Å². The molecule has 0 saturated carbocycles. The molecule has 0 aliphatic carbocycles. The SMILES string of the molecule is Nc1ccn(C(=O)c2cccc(-c3ccccc3)c2)n1. The van der Waals surface area contributed by atoms with Gasteiger partial charge in [0.25, 0.3) is 5.91 Å². The predicted octanol–water partition coefficient (Wildman–Crippen LogP) is 2.82. The van der Waals surface area contributed by atoms with Crippen LogP contribution >= 0.6 is 0 Å². The molecule has 20 heavy (non-hydrogen) atoms. The van der Waals surface area contributed by atoms with Gasteiger partial charge in [-0.2, -0.15) is 0 Å².